The number of hydrogen-bond donors (Lipinski definition) is 1. The fourth-order valence-corrected chi connectivity index (χ4v) is 7.81. The molecule has 1 fully saturated rings. The zero-order valence-corrected chi connectivity index (χ0v) is 22.0. The van der Waals surface area contributed by atoms with Crippen LogP contribution >= 0.6 is 0 Å². The fraction of sp³-hybridized carbons (Fsp3) is 0.480. The van der Waals surface area contributed by atoms with Crippen molar-refractivity contribution in [3.8, 4) is 0 Å². The van der Waals surface area contributed by atoms with Gasteiger partial charge in [-0.25, -0.2) is 21.6 Å². The second-order valence-electron chi connectivity index (χ2n) is 9.76. The van der Waals surface area contributed by atoms with Crippen LogP contribution in [0.15, 0.2) is 52.2 Å². The van der Waals surface area contributed by atoms with Crippen LogP contribution in [0.25, 0.3) is 11.0 Å². The number of nitrogens with zero attached hydrogens (tertiary/aromatic N) is 2. The van der Waals surface area contributed by atoms with Crippen LogP contribution in [0.1, 0.15) is 39.2 Å². The Bertz CT molecular complexity index is 1460. The van der Waals surface area contributed by atoms with Crippen molar-refractivity contribution in [3.63, 3.8) is 0 Å². The van der Waals surface area contributed by atoms with Crippen molar-refractivity contribution < 1.29 is 16.8 Å². The molecular formula is C25H33N3O5S2. The first-order valence-electron chi connectivity index (χ1n) is 12.0. The van der Waals surface area contributed by atoms with E-state index in [0.717, 1.165) is 12.0 Å². The summed E-state index contributed by atoms with van der Waals surface area (Å²) < 4.78 is 53.9. The van der Waals surface area contributed by atoms with Gasteiger partial charge >= 0.3 is 5.69 Å². The first-order chi connectivity index (χ1) is 16.5. The molecule has 1 aromatic heterocycles. The van der Waals surface area contributed by atoms with Crippen molar-refractivity contribution in [2.75, 3.05) is 22.4 Å². The van der Waals surface area contributed by atoms with Crippen LogP contribution < -0.4 is 9.99 Å². The number of sulfonamides is 1. The number of benzene rings is 2. The zero-order valence-electron chi connectivity index (χ0n) is 20.4. The third kappa shape index (κ3) is 5.48. The Balaban J connectivity index is 1.67. The van der Waals surface area contributed by atoms with Crippen molar-refractivity contribution in [2.45, 2.75) is 51.5 Å². The van der Waals surface area contributed by atoms with Crippen molar-refractivity contribution in [1.29, 1.82) is 0 Å². The maximum absolute atomic E-state index is 13.7. The van der Waals surface area contributed by atoms with Gasteiger partial charge < -0.3 is 4.98 Å². The molecule has 8 nitrogen and oxygen atoms in total. The Labute approximate surface area is 206 Å². The van der Waals surface area contributed by atoms with Crippen LogP contribution in [-0.2, 0) is 32.8 Å². The third-order valence-corrected chi connectivity index (χ3v) is 10.1. The molecule has 35 heavy (non-hydrogen) atoms. The molecule has 1 aliphatic heterocycles. The van der Waals surface area contributed by atoms with E-state index in [1.165, 1.54) is 10.4 Å². The average Bonchev–Trinajstić information content (AvgIpc) is 3.13. The minimum absolute atomic E-state index is 0.0891. The van der Waals surface area contributed by atoms with E-state index in [1.54, 1.807) is 16.7 Å². The van der Waals surface area contributed by atoms with Gasteiger partial charge in [-0.05, 0) is 67.0 Å². The normalized spacial score (nSPS) is 16.7. The molecule has 1 saturated heterocycles. The molecule has 0 aliphatic carbocycles. The minimum atomic E-state index is -3.87. The highest BCUT2D eigenvalue weighted by atomic mass is 32.2. The summed E-state index contributed by atoms with van der Waals surface area (Å²) in [5, 5.41) is 0. The Kier molecular flexibility index (Phi) is 7.15. The summed E-state index contributed by atoms with van der Waals surface area (Å²) in [6.45, 7) is 6.73. The molecule has 2 aromatic carbocycles. The number of hydrogen-bond acceptors (Lipinski definition) is 5. The standard InChI is InChI=1S/C25H33N3O5S2/c1-4-19-5-7-21(8-6-19)28(16-18(2)3)35(32,33)22-9-10-24-23(15-22)26-25(29)27(24)17-20-11-13-34(30,31)14-12-20/h5-10,15,18,20H,4,11-14,16-17H2,1-3H3,(H,26,29). The molecule has 4 rings (SSSR count). The maximum Gasteiger partial charge on any atom is 0.326 e. The van der Waals surface area contributed by atoms with E-state index in [2.05, 4.69) is 11.9 Å². The van der Waals surface area contributed by atoms with Crippen LogP contribution in [0, 0.1) is 11.8 Å². The molecule has 3 aromatic rings. The Morgan fingerprint density at radius 1 is 1.09 bits per heavy atom. The largest absolute Gasteiger partial charge is 0.326 e. The summed E-state index contributed by atoms with van der Waals surface area (Å²) in [4.78, 5) is 15.6. The monoisotopic (exact) mass is 519 g/mol. The van der Waals surface area contributed by atoms with Crippen LogP contribution in [0.4, 0.5) is 5.69 Å². The molecule has 0 amide bonds. The number of imidazole rings is 1. The van der Waals surface area contributed by atoms with Crippen molar-refractivity contribution >= 4 is 36.6 Å². The van der Waals surface area contributed by atoms with Gasteiger partial charge in [0.25, 0.3) is 10.0 Å². The van der Waals surface area contributed by atoms with E-state index in [9.17, 15) is 21.6 Å². The Hall–Kier alpha value is -2.59. The number of aryl methyl sites for hydroxylation is 1. The first-order valence-corrected chi connectivity index (χ1v) is 15.3. The van der Waals surface area contributed by atoms with E-state index in [1.807, 2.05) is 38.1 Å². The zero-order chi connectivity index (χ0) is 25.4. The average molecular weight is 520 g/mol. The number of anilines is 1. The Morgan fingerprint density at radius 2 is 1.74 bits per heavy atom. The van der Waals surface area contributed by atoms with E-state index in [-0.39, 0.29) is 33.9 Å². The number of nitrogens with one attached hydrogen (secondary N) is 1. The molecule has 0 unspecified atom stereocenters. The molecule has 10 heteroatoms. The van der Waals surface area contributed by atoms with Gasteiger partial charge in [-0.3, -0.25) is 8.87 Å². The summed E-state index contributed by atoms with van der Waals surface area (Å²) in [6, 6.07) is 12.3. The second-order valence-corrected chi connectivity index (χ2v) is 13.9. The van der Waals surface area contributed by atoms with Crippen molar-refractivity contribution in [2.24, 2.45) is 11.8 Å². The lowest BCUT2D eigenvalue weighted by atomic mass is 10.0. The maximum atomic E-state index is 13.7. The Morgan fingerprint density at radius 3 is 2.34 bits per heavy atom. The van der Waals surface area contributed by atoms with E-state index < -0.39 is 19.9 Å². The number of fused-ring (bicyclic) bond motifs is 1. The highest BCUT2D eigenvalue weighted by Gasteiger charge is 2.28. The molecule has 0 spiro atoms. The predicted molar refractivity (Wildman–Crippen MR) is 139 cm³/mol. The van der Waals surface area contributed by atoms with E-state index in [4.69, 9.17) is 0 Å². The summed E-state index contributed by atoms with van der Waals surface area (Å²) in [5.74, 6) is 0.482. The van der Waals surface area contributed by atoms with Gasteiger partial charge in [0.05, 0.1) is 33.1 Å². The van der Waals surface area contributed by atoms with Gasteiger partial charge in [-0.2, -0.15) is 0 Å². The fourth-order valence-electron chi connectivity index (χ4n) is 4.56. The van der Waals surface area contributed by atoms with Crippen LogP contribution in [0.3, 0.4) is 0 Å². The molecule has 2 heterocycles. The lowest BCUT2D eigenvalue weighted by Gasteiger charge is -2.26. The SMILES string of the molecule is CCc1ccc(N(CC(C)C)S(=O)(=O)c2ccc3c(c2)[nH]c(=O)n3CC2CCS(=O)(=O)CC2)cc1. The lowest BCUT2D eigenvalue weighted by molar-refractivity contribution is 0.404. The van der Waals surface area contributed by atoms with E-state index >= 15 is 0 Å². The van der Waals surface area contributed by atoms with Gasteiger partial charge in [0.15, 0.2) is 0 Å². The molecule has 190 valence electrons. The number of H-pyrrole nitrogens is 1. The molecule has 0 bridgehead atoms. The minimum Gasteiger partial charge on any atom is -0.305 e. The predicted octanol–water partition coefficient (Wildman–Crippen LogP) is 3.57. The molecule has 0 radical (unpaired) electrons. The quantitative estimate of drug-likeness (QED) is 0.489. The summed E-state index contributed by atoms with van der Waals surface area (Å²) in [6.07, 6.45) is 1.92. The summed E-state index contributed by atoms with van der Waals surface area (Å²) >= 11 is 0. The number of aromatic nitrogens is 2. The smallest absolute Gasteiger partial charge is 0.305 e. The highest BCUT2D eigenvalue weighted by molar-refractivity contribution is 7.92. The van der Waals surface area contributed by atoms with Crippen molar-refractivity contribution in [1.82, 2.24) is 9.55 Å². The van der Waals surface area contributed by atoms with Crippen LogP contribution in [0.5, 0.6) is 0 Å². The van der Waals surface area contributed by atoms with Gasteiger partial charge in [0.2, 0.25) is 0 Å². The third-order valence-electron chi connectivity index (χ3n) is 6.61. The number of rotatable bonds is 8. The van der Waals surface area contributed by atoms with Gasteiger partial charge in [0, 0.05) is 13.1 Å². The number of sulfone groups is 1. The summed E-state index contributed by atoms with van der Waals surface area (Å²) in [7, 11) is -6.85. The molecule has 0 atom stereocenters. The first kappa shape index (κ1) is 25.5. The summed E-state index contributed by atoms with van der Waals surface area (Å²) in [5.41, 5.74) is 2.48. The molecule has 1 aliphatic rings. The van der Waals surface area contributed by atoms with Crippen LogP contribution in [0.2, 0.25) is 0 Å². The number of aromatic amines is 1. The lowest BCUT2D eigenvalue weighted by Crippen LogP contribution is -2.34. The van der Waals surface area contributed by atoms with E-state index in [0.29, 0.717) is 42.7 Å². The molecular weight excluding hydrogens is 486 g/mol. The van der Waals surface area contributed by atoms with Crippen LogP contribution in [-0.4, -0.2) is 44.4 Å². The molecule has 1 N–H and O–H groups in total. The van der Waals surface area contributed by atoms with Gasteiger partial charge in [-0.1, -0.05) is 32.9 Å². The second kappa shape index (κ2) is 9.81. The highest BCUT2D eigenvalue weighted by Crippen LogP contribution is 2.28. The molecule has 0 saturated carbocycles. The van der Waals surface area contributed by atoms with Gasteiger partial charge in [0.1, 0.15) is 9.84 Å². The van der Waals surface area contributed by atoms with Gasteiger partial charge in [-0.15, -0.1) is 0 Å². The van der Waals surface area contributed by atoms with Crippen molar-refractivity contribution in [3.05, 3.63) is 58.5 Å². The topological polar surface area (TPSA) is 109 Å².